The SMILES string of the molecule is C=CCn1c(=O)c2cnc(Nc3ccc(OCC(F)(F)F)cc3)nc2n1-c1ccnc(OC2CCN(C(=O)OC(C)(C)C)CC2)n1. The molecule has 1 aliphatic heterocycles. The highest BCUT2D eigenvalue weighted by Crippen LogP contribution is 2.24. The number of halogens is 3. The number of hydrogen-bond acceptors (Lipinski definition) is 10. The van der Waals surface area contributed by atoms with Crippen molar-refractivity contribution in [3.63, 3.8) is 0 Å². The molecule has 0 atom stereocenters. The van der Waals surface area contributed by atoms with Gasteiger partial charge >= 0.3 is 18.3 Å². The molecule has 16 heteroatoms. The van der Waals surface area contributed by atoms with Crippen LogP contribution < -0.4 is 20.3 Å². The molecule has 1 amide bonds. The van der Waals surface area contributed by atoms with E-state index in [0.29, 0.717) is 37.4 Å². The Hall–Kier alpha value is -5.15. The van der Waals surface area contributed by atoms with Crippen molar-refractivity contribution in [2.75, 3.05) is 25.0 Å². The van der Waals surface area contributed by atoms with Gasteiger partial charge in [0.15, 0.2) is 18.1 Å². The minimum atomic E-state index is -4.45. The zero-order valence-corrected chi connectivity index (χ0v) is 25.5. The number of rotatable bonds is 9. The molecule has 4 heterocycles. The molecule has 0 saturated carbocycles. The fourth-order valence-corrected chi connectivity index (χ4v) is 4.68. The number of nitrogens with zero attached hydrogens (tertiary/aromatic N) is 7. The van der Waals surface area contributed by atoms with Gasteiger partial charge in [-0.15, -0.1) is 6.58 Å². The van der Waals surface area contributed by atoms with E-state index in [-0.39, 0.29) is 53.0 Å². The third-order valence-corrected chi connectivity index (χ3v) is 6.69. The summed E-state index contributed by atoms with van der Waals surface area (Å²) in [5, 5.41) is 3.21. The summed E-state index contributed by atoms with van der Waals surface area (Å²) in [6, 6.07) is 7.49. The summed E-state index contributed by atoms with van der Waals surface area (Å²) in [7, 11) is 0. The van der Waals surface area contributed by atoms with E-state index in [4.69, 9.17) is 14.2 Å². The van der Waals surface area contributed by atoms with Gasteiger partial charge in [0.2, 0.25) is 5.95 Å². The number of nitrogens with one attached hydrogen (secondary N) is 1. The lowest BCUT2D eigenvalue weighted by Crippen LogP contribution is -2.44. The van der Waals surface area contributed by atoms with Gasteiger partial charge in [-0.25, -0.2) is 24.1 Å². The lowest BCUT2D eigenvalue weighted by Gasteiger charge is -2.33. The van der Waals surface area contributed by atoms with Gasteiger partial charge in [-0.3, -0.25) is 4.79 Å². The molecule has 13 nitrogen and oxygen atoms in total. The van der Waals surface area contributed by atoms with Gasteiger partial charge in [0.1, 0.15) is 22.8 Å². The first-order valence-corrected chi connectivity index (χ1v) is 14.4. The molecule has 244 valence electrons. The number of anilines is 2. The molecule has 1 aromatic carbocycles. The summed E-state index contributed by atoms with van der Waals surface area (Å²) < 4.78 is 56.6. The molecule has 1 N–H and O–H groups in total. The molecule has 0 bridgehead atoms. The Bertz CT molecular complexity index is 1760. The summed E-state index contributed by atoms with van der Waals surface area (Å²) in [4.78, 5) is 45.0. The Balaban J connectivity index is 1.35. The summed E-state index contributed by atoms with van der Waals surface area (Å²) in [6.07, 6.45) is 0.487. The summed E-state index contributed by atoms with van der Waals surface area (Å²) >= 11 is 0. The predicted octanol–water partition coefficient (Wildman–Crippen LogP) is 5.02. The molecule has 5 rings (SSSR count). The number of piperidine rings is 1. The third-order valence-electron chi connectivity index (χ3n) is 6.69. The minimum Gasteiger partial charge on any atom is -0.484 e. The quantitative estimate of drug-likeness (QED) is 0.248. The lowest BCUT2D eigenvalue weighted by molar-refractivity contribution is -0.153. The van der Waals surface area contributed by atoms with Crippen molar-refractivity contribution in [3.8, 4) is 17.6 Å². The smallest absolute Gasteiger partial charge is 0.422 e. The fourth-order valence-electron chi connectivity index (χ4n) is 4.68. The predicted molar refractivity (Wildman–Crippen MR) is 162 cm³/mol. The molecule has 1 fully saturated rings. The molecule has 0 unspecified atom stereocenters. The average Bonchev–Trinajstić information content (AvgIpc) is 3.26. The first-order valence-electron chi connectivity index (χ1n) is 14.4. The van der Waals surface area contributed by atoms with Gasteiger partial charge in [0.25, 0.3) is 5.56 Å². The molecule has 3 aromatic heterocycles. The van der Waals surface area contributed by atoms with Crippen molar-refractivity contribution in [2.45, 2.75) is 58.0 Å². The van der Waals surface area contributed by atoms with Crippen molar-refractivity contribution in [1.29, 1.82) is 0 Å². The normalized spacial score (nSPS) is 14.3. The number of benzene rings is 1. The van der Waals surface area contributed by atoms with Gasteiger partial charge in [-0.2, -0.15) is 23.1 Å². The zero-order valence-electron chi connectivity index (χ0n) is 25.5. The number of amides is 1. The number of alkyl halides is 3. The monoisotopic (exact) mass is 642 g/mol. The van der Waals surface area contributed by atoms with Crippen molar-refractivity contribution in [3.05, 3.63) is 65.7 Å². The molecule has 0 spiro atoms. The Morgan fingerprint density at radius 2 is 1.80 bits per heavy atom. The number of ether oxygens (including phenoxy) is 3. The van der Waals surface area contributed by atoms with E-state index in [1.54, 1.807) is 17.0 Å². The Morgan fingerprint density at radius 1 is 1.09 bits per heavy atom. The van der Waals surface area contributed by atoms with Crippen molar-refractivity contribution in [2.24, 2.45) is 0 Å². The second-order valence-corrected chi connectivity index (χ2v) is 11.5. The van der Waals surface area contributed by atoms with Crippen LogP contribution in [-0.2, 0) is 11.3 Å². The highest BCUT2D eigenvalue weighted by molar-refractivity contribution is 5.77. The van der Waals surface area contributed by atoms with Crippen LogP contribution in [0.3, 0.4) is 0 Å². The van der Waals surface area contributed by atoms with Gasteiger partial charge in [0, 0.05) is 50.1 Å². The van der Waals surface area contributed by atoms with E-state index in [1.807, 2.05) is 20.8 Å². The maximum Gasteiger partial charge on any atom is 0.422 e. The van der Waals surface area contributed by atoms with Crippen LogP contribution in [0, 0.1) is 0 Å². The maximum atomic E-state index is 13.3. The van der Waals surface area contributed by atoms with E-state index in [9.17, 15) is 22.8 Å². The van der Waals surface area contributed by atoms with Crippen LogP contribution in [0.4, 0.5) is 29.6 Å². The minimum absolute atomic E-state index is 0.0463. The lowest BCUT2D eigenvalue weighted by atomic mass is 10.1. The standard InChI is InChI=1S/C30H33F3N8O5/c1-5-14-40-25(42)22-17-35-26(36-19-6-8-20(9-7-19)44-18-30(31,32)33)38-24(22)41(40)23-10-13-34-27(37-23)45-21-11-15-39(16-12-21)28(43)46-29(2,3)4/h5-10,13,17,21H,1,11-12,14-16,18H2,2-4H3,(H,35,36,38). The number of aromatic nitrogens is 6. The second kappa shape index (κ2) is 13.1. The zero-order chi connectivity index (χ0) is 33.1. The molecule has 46 heavy (non-hydrogen) atoms. The van der Waals surface area contributed by atoms with Crippen LogP contribution in [0.5, 0.6) is 11.8 Å². The van der Waals surface area contributed by atoms with Crippen LogP contribution in [0.15, 0.2) is 60.2 Å². The molecule has 4 aromatic rings. The summed E-state index contributed by atoms with van der Waals surface area (Å²) in [6.45, 7) is 8.86. The van der Waals surface area contributed by atoms with Crippen LogP contribution >= 0.6 is 0 Å². The fraction of sp³-hybridized carbons (Fsp3) is 0.400. The molecular weight excluding hydrogens is 609 g/mol. The molecule has 1 aliphatic rings. The maximum absolute atomic E-state index is 13.3. The Kier molecular flexibility index (Phi) is 9.16. The van der Waals surface area contributed by atoms with Gasteiger partial charge in [-0.1, -0.05) is 6.08 Å². The highest BCUT2D eigenvalue weighted by Gasteiger charge is 2.29. The van der Waals surface area contributed by atoms with E-state index < -0.39 is 18.4 Å². The average molecular weight is 643 g/mol. The molecular formula is C30H33F3N8O5. The van der Waals surface area contributed by atoms with Crippen molar-refractivity contribution in [1.82, 2.24) is 34.2 Å². The van der Waals surface area contributed by atoms with Gasteiger partial charge < -0.3 is 24.4 Å². The van der Waals surface area contributed by atoms with E-state index in [1.165, 1.54) is 46.0 Å². The molecule has 1 saturated heterocycles. The Labute approximate surface area is 261 Å². The van der Waals surface area contributed by atoms with Crippen LogP contribution in [-0.4, -0.2) is 77.9 Å². The topological polar surface area (TPSA) is 139 Å². The highest BCUT2D eigenvalue weighted by atomic mass is 19.4. The molecule has 0 aliphatic carbocycles. The number of carbonyl (C=O) groups is 1. The number of fused-ring (bicyclic) bond motifs is 1. The van der Waals surface area contributed by atoms with E-state index in [2.05, 4.69) is 31.8 Å². The van der Waals surface area contributed by atoms with E-state index in [0.717, 1.165) is 0 Å². The Morgan fingerprint density at radius 3 is 2.46 bits per heavy atom. The van der Waals surface area contributed by atoms with E-state index >= 15 is 0 Å². The first kappa shape index (κ1) is 32.2. The number of likely N-dealkylation sites (tertiary alicyclic amines) is 1. The third kappa shape index (κ3) is 7.92. The van der Waals surface area contributed by atoms with Crippen LogP contribution in [0.25, 0.3) is 16.9 Å². The number of allylic oxidation sites excluding steroid dienone is 1. The van der Waals surface area contributed by atoms with Gasteiger partial charge in [0.05, 0.1) is 6.54 Å². The van der Waals surface area contributed by atoms with Crippen LogP contribution in [0.2, 0.25) is 0 Å². The number of carbonyl (C=O) groups excluding carboxylic acids is 1. The van der Waals surface area contributed by atoms with Crippen LogP contribution in [0.1, 0.15) is 33.6 Å². The van der Waals surface area contributed by atoms with Crippen molar-refractivity contribution < 1.29 is 32.2 Å². The summed E-state index contributed by atoms with van der Waals surface area (Å²) in [5.41, 5.74) is -0.236. The van der Waals surface area contributed by atoms with Gasteiger partial charge in [-0.05, 0) is 45.0 Å². The first-order chi connectivity index (χ1) is 21.8. The van der Waals surface area contributed by atoms with Crippen molar-refractivity contribution >= 4 is 28.8 Å². The number of hydrogen-bond donors (Lipinski definition) is 1. The second-order valence-electron chi connectivity index (χ2n) is 11.5. The largest absolute Gasteiger partial charge is 0.484 e. The molecule has 0 radical (unpaired) electrons. The summed E-state index contributed by atoms with van der Waals surface area (Å²) in [5.74, 6) is 0.481.